The second kappa shape index (κ2) is 9.62. The first-order valence-electron chi connectivity index (χ1n) is 12.6. The Kier molecular flexibility index (Phi) is 6.01. The first-order valence-corrected chi connectivity index (χ1v) is 12.6. The van der Waals surface area contributed by atoms with Gasteiger partial charge in [0, 0.05) is 67.0 Å². The molecule has 0 spiro atoms. The van der Waals surface area contributed by atoms with Crippen molar-refractivity contribution in [3.8, 4) is 22.6 Å². The van der Waals surface area contributed by atoms with Crippen LogP contribution in [0.1, 0.15) is 19.8 Å². The molecule has 0 radical (unpaired) electrons. The van der Waals surface area contributed by atoms with Gasteiger partial charge in [0.1, 0.15) is 11.3 Å². The van der Waals surface area contributed by atoms with Gasteiger partial charge < -0.3 is 20.1 Å². The molecule has 0 atom stereocenters. The Labute approximate surface area is 214 Å². The van der Waals surface area contributed by atoms with Crippen LogP contribution < -0.4 is 10.2 Å². The molecule has 5 aromatic rings. The molecule has 1 amide bonds. The molecule has 1 saturated heterocycles. The summed E-state index contributed by atoms with van der Waals surface area (Å²) >= 11 is 0. The Morgan fingerprint density at radius 3 is 2.76 bits per heavy atom. The molecule has 0 aliphatic carbocycles. The standard InChI is InChI=1S/C27H29N9O/c1-3-4-25(37)31-18-11-17(14-28-15-18)21-12-19-23(16-30-21)33-34-26(19)22-13-20-24(5-6-29-27(20)32-22)36-9-7-35(2)8-10-36/h5-6,11-16H,3-4,7-10H2,1-2H3,(H,29,32)(H,31,37)(H,33,34). The zero-order valence-corrected chi connectivity index (χ0v) is 21.0. The topological polar surface area (TPSA) is 119 Å². The van der Waals surface area contributed by atoms with E-state index in [2.05, 4.69) is 64.4 Å². The van der Waals surface area contributed by atoms with E-state index in [1.807, 2.05) is 25.3 Å². The van der Waals surface area contributed by atoms with Crippen LogP contribution in [0.3, 0.4) is 0 Å². The van der Waals surface area contributed by atoms with Gasteiger partial charge in [0.2, 0.25) is 5.91 Å². The van der Waals surface area contributed by atoms with Crippen LogP contribution in [-0.2, 0) is 4.79 Å². The summed E-state index contributed by atoms with van der Waals surface area (Å²) in [5.74, 6) is -0.0228. The number of H-pyrrole nitrogens is 2. The molecule has 6 heterocycles. The van der Waals surface area contributed by atoms with Gasteiger partial charge in [-0.1, -0.05) is 6.92 Å². The number of amides is 1. The fraction of sp³-hybridized carbons (Fsp3) is 0.296. The molecule has 10 heteroatoms. The summed E-state index contributed by atoms with van der Waals surface area (Å²) in [6, 6.07) is 8.12. The monoisotopic (exact) mass is 495 g/mol. The summed E-state index contributed by atoms with van der Waals surface area (Å²) in [6.45, 7) is 6.04. The number of pyridine rings is 3. The van der Waals surface area contributed by atoms with Crippen molar-refractivity contribution in [3.05, 3.63) is 49.1 Å². The Morgan fingerprint density at radius 2 is 1.92 bits per heavy atom. The maximum atomic E-state index is 12.0. The van der Waals surface area contributed by atoms with E-state index in [-0.39, 0.29) is 5.91 Å². The molecule has 0 aromatic carbocycles. The number of piperazine rings is 1. The second-order valence-corrected chi connectivity index (χ2v) is 9.51. The van der Waals surface area contributed by atoms with Crippen molar-refractivity contribution < 1.29 is 4.79 Å². The molecular weight excluding hydrogens is 466 g/mol. The number of nitrogens with zero attached hydrogens (tertiary/aromatic N) is 6. The summed E-state index contributed by atoms with van der Waals surface area (Å²) < 4.78 is 0. The molecule has 6 rings (SSSR count). The number of aromatic amines is 2. The van der Waals surface area contributed by atoms with E-state index in [1.165, 1.54) is 5.69 Å². The van der Waals surface area contributed by atoms with Crippen molar-refractivity contribution in [2.24, 2.45) is 0 Å². The summed E-state index contributed by atoms with van der Waals surface area (Å²) in [6.07, 6.45) is 8.30. The van der Waals surface area contributed by atoms with E-state index in [4.69, 9.17) is 0 Å². The van der Waals surface area contributed by atoms with Crippen LogP contribution in [0.25, 0.3) is 44.6 Å². The van der Waals surface area contributed by atoms with Gasteiger partial charge in [0.05, 0.1) is 35.0 Å². The average Bonchev–Trinajstić information content (AvgIpc) is 3.53. The highest BCUT2D eigenvalue weighted by molar-refractivity contribution is 5.99. The normalized spacial score (nSPS) is 14.5. The molecule has 5 aromatic heterocycles. The van der Waals surface area contributed by atoms with Gasteiger partial charge in [-0.25, -0.2) is 4.98 Å². The number of anilines is 2. The third-order valence-electron chi connectivity index (χ3n) is 6.85. The van der Waals surface area contributed by atoms with Crippen molar-refractivity contribution in [1.82, 2.24) is 35.0 Å². The molecule has 0 saturated carbocycles. The van der Waals surface area contributed by atoms with Gasteiger partial charge in [0.15, 0.2) is 0 Å². The number of hydrogen-bond acceptors (Lipinski definition) is 7. The van der Waals surface area contributed by atoms with E-state index in [0.29, 0.717) is 12.1 Å². The van der Waals surface area contributed by atoms with Gasteiger partial charge in [0.25, 0.3) is 0 Å². The lowest BCUT2D eigenvalue weighted by molar-refractivity contribution is -0.116. The highest BCUT2D eigenvalue weighted by Gasteiger charge is 2.19. The molecule has 3 N–H and O–H groups in total. The zero-order chi connectivity index (χ0) is 25.4. The number of fused-ring (bicyclic) bond motifs is 2. The highest BCUT2D eigenvalue weighted by Crippen LogP contribution is 2.34. The van der Waals surface area contributed by atoms with Gasteiger partial charge >= 0.3 is 0 Å². The number of likely N-dealkylation sites (N-methyl/N-ethyl adjacent to an activating group) is 1. The number of rotatable bonds is 6. The number of aromatic nitrogens is 6. The Hall–Kier alpha value is -4.31. The maximum Gasteiger partial charge on any atom is 0.224 e. The van der Waals surface area contributed by atoms with Crippen molar-refractivity contribution >= 4 is 39.2 Å². The van der Waals surface area contributed by atoms with Gasteiger partial charge in [-0.2, -0.15) is 5.10 Å². The summed E-state index contributed by atoms with van der Waals surface area (Å²) in [5, 5.41) is 12.6. The first-order chi connectivity index (χ1) is 18.1. The van der Waals surface area contributed by atoms with Gasteiger partial charge in [-0.05, 0) is 37.7 Å². The maximum absolute atomic E-state index is 12.0. The zero-order valence-electron chi connectivity index (χ0n) is 21.0. The van der Waals surface area contributed by atoms with Crippen molar-refractivity contribution in [1.29, 1.82) is 0 Å². The second-order valence-electron chi connectivity index (χ2n) is 9.51. The Bertz CT molecular complexity index is 1580. The molecular formula is C27H29N9O. The molecule has 1 aliphatic heterocycles. The molecule has 1 fully saturated rings. The van der Waals surface area contributed by atoms with Crippen LogP contribution in [0.5, 0.6) is 0 Å². The smallest absolute Gasteiger partial charge is 0.224 e. The minimum Gasteiger partial charge on any atom is -0.368 e. The minimum absolute atomic E-state index is 0.0228. The fourth-order valence-electron chi connectivity index (χ4n) is 4.84. The molecule has 1 aliphatic rings. The molecule has 0 bridgehead atoms. The molecule has 188 valence electrons. The first kappa shape index (κ1) is 23.1. The fourth-order valence-corrected chi connectivity index (χ4v) is 4.84. The number of nitrogens with one attached hydrogen (secondary N) is 3. The largest absolute Gasteiger partial charge is 0.368 e. The van der Waals surface area contributed by atoms with Crippen molar-refractivity contribution in [2.75, 3.05) is 43.4 Å². The predicted molar refractivity (Wildman–Crippen MR) is 145 cm³/mol. The van der Waals surface area contributed by atoms with Crippen LogP contribution in [-0.4, -0.2) is 74.2 Å². The van der Waals surface area contributed by atoms with Crippen LogP contribution >= 0.6 is 0 Å². The molecule has 37 heavy (non-hydrogen) atoms. The van der Waals surface area contributed by atoms with Crippen LogP contribution in [0.15, 0.2) is 49.1 Å². The summed E-state index contributed by atoms with van der Waals surface area (Å²) in [7, 11) is 2.16. The van der Waals surface area contributed by atoms with Crippen LogP contribution in [0.2, 0.25) is 0 Å². The quantitative estimate of drug-likeness (QED) is 0.325. The molecule has 10 nitrogen and oxygen atoms in total. The number of hydrogen-bond donors (Lipinski definition) is 3. The predicted octanol–water partition coefficient (Wildman–Crippen LogP) is 4.05. The lowest BCUT2D eigenvalue weighted by Gasteiger charge is -2.34. The van der Waals surface area contributed by atoms with E-state index in [9.17, 15) is 4.79 Å². The lowest BCUT2D eigenvalue weighted by Crippen LogP contribution is -2.44. The third kappa shape index (κ3) is 4.51. The number of carbonyl (C=O) groups is 1. The highest BCUT2D eigenvalue weighted by atomic mass is 16.1. The number of carbonyl (C=O) groups excluding carboxylic acids is 1. The van der Waals surface area contributed by atoms with Crippen LogP contribution in [0, 0.1) is 0 Å². The van der Waals surface area contributed by atoms with E-state index >= 15 is 0 Å². The van der Waals surface area contributed by atoms with E-state index in [1.54, 1.807) is 18.6 Å². The minimum atomic E-state index is -0.0228. The van der Waals surface area contributed by atoms with Gasteiger partial charge in [-0.15, -0.1) is 0 Å². The SMILES string of the molecule is CCCC(=O)Nc1cncc(-c2cc3c(-c4cc5c(N6CCN(C)CC6)ccnc5[nH]4)n[nH]c3cn2)c1. The summed E-state index contributed by atoms with van der Waals surface area (Å²) in [4.78, 5) is 33.8. The average molecular weight is 496 g/mol. The van der Waals surface area contributed by atoms with Crippen LogP contribution in [0.4, 0.5) is 11.4 Å². The Morgan fingerprint density at radius 1 is 1.05 bits per heavy atom. The Balaban J connectivity index is 1.35. The summed E-state index contributed by atoms with van der Waals surface area (Å²) in [5.41, 5.74) is 6.80. The van der Waals surface area contributed by atoms with E-state index < -0.39 is 0 Å². The van der Waals surface area contributed by atoms with Crippen molar-refractivity contribution in [2.45, 2.75) is 19.8 Å². The van der Waals surface area contributed by atoms with Crippen molar-refractivity contribution in [3.63, 3.8) is 0 Å². The van der Waals surface area contributed by atoms with E-state index in [0.717, 1.165) is 77.2 Å². The molecule has 0 unspecified atom stereocenters. The lowest BCUT2D eigenvalue weighted by atomic mass is 10.1. The van der Waals surface area contributed by atoms with Gasteiger partial charge in [-0.3, -0.25) is 19.9 Å². The third-order valence-corrected chi connectivity index (χ3v) is 6.85.